The van der Waals surface area contributed by atoms with Gasteiger partial charge in [-0.25, -0.2) is 0 Å². The number of carbonyl (C=O) groups excluding carboxylic acids is 1. The lowest BCUT2D eigenvalue weighted by Crippen LogP contribution is -2.38. The van der Waals surface area contributed by atoms with Gasteiger partial charge in [-0.15, -0.1) is 0 Å². The van der Waals surface area contributed by atoms with Gasteiger partial charge in [-0.05, 0) is 69.4 Å². The quantitative estimate of drug-likeness (QED) is 0.672. The Balaban J connectivity index is 2.61. The molecule has 3 N–H and O–H groups in total. The Bertz CT molecular complexity index is 460. The summed E-state index contributed by atoms with van der Waals surface area (Å²) in [7, 11) is 1.59. The number of nitrogens with one attached hydrogen (secondary N) is 1. The van der Waals surface area contributed by atoms with E-state index in [-0.39, 0.29) is 18.6 Å². The summed E-state index contributed by atoms with van der Waals surface area (Å²) in [5.41, 5.74) is 6.64. The van der Waals surface area contributed by atoms with Crippen molar-refractivity contribution in [2.24, 2.45) is 5.73 Å². The van der Waals surface area contributed by atoms with E-state index in [1.54, 1.807) is 7.11 Å². The van der Waals surface area contributed by atoms with Crippen LogP contribution in [0.5, 0.6) is 5.75 Å². The van der Waals surface area contributed by atoms with Gasteiger partial charge >= 0.3 is 0 Å². The van der Waals surface area contributed by atoms with Crippen LogP contribution in [0.15, 0.2) is 21.1 Å². The fourth-order valence-corrected chi connectivity index (χ4v) is 3.32. The molecule has 1 rings (SSSR count). The molecule has 0 aliphatic heterocycles. The number of nitrogens with two attached hydrogens (primary N) is 1. The van der Waals surface area contributed by atoms with Crippen molar-refractivity contribution >= 4 is 37.8 Å². The number of amides is 1. The number of carbonyl (C=O) groups is 1. The lowest BCUT2D eigenvalue weighted by Gasteiger charge is -2.15. The number of halogens is 2. The average molecular weight is 424 g/mol. The SMILES string of the molecule is COCC(C)NC(=O)COc1c(Br)cc(CCN)cc1Br. The van der Waals surface area contributed by atoms with Crippen LogP contribution in [0.4, 0.5) is 0 Å². The largest absolute Gasteiger partial charge is 0.481 e. The molecule has 0 fully saturated rings. The Morgan fingerprint density at radius 1 is 1.38 bits per heavy atom. The molecule has 1 unspecified atom stereocenters. The van der Waals surface area contributed by atoms with Crippen molar-refractivity contribution in [1.82, 2.24) is 5.32 Å². The highest BCUT2D eigenvalue weighted by atomic mass is 79.9. The molecular weight excluding hydrogens is 404 g/mol. The van der Waals surface area contributed by atoms with Crippen LogP contribution in [0.3, 0.4) is 0 Å². The fraction of sp³-hybridized carbons (Fsp3) is 0.500. The second-order valence-corrected chi connectivity index (χ2v) is 6.35. The van der Waals surface area contributed by atoms with Crippen molar-refractivity contribution in [2.75, 3.05) is 26.9 Å². The maximum Gasteiger partial charge on any atom is 0.258 e. The molecule has 7 heteroatoms. The van der Waals surface area contributed by atoms with E-state index in [9.17, 15) is 4.79 Å². The summed E-state index contributed by atoms with van der Waals surface area (Å²) in [6.45, 7) is 2.86. The Morgan fingerprint density at radius 3 is 2.52 bits per heavy atom. The summed E-state index contributed by atoms with van der Waals surface area (Å²) >= 11 is 6.89. The molecule has 0 bridgehead atoms. The van der Waals surface area contributed by atoms with Crippen LogP contribution in [0.25, 0.3) is 0 Å². The van der Waals surface area contributed by atoms with Crippen LogP contribution >= 0.6 is 31.9 Å². The molecular formula is C14H20Br2N2O3. The van der Waals surface area contributed by atoms with Crippen LogP contribution < -0.4 is 15.8 Å². The average Bonchev–Trinajstić information content (AvgIpc) is 2.38. The Morgan fingerprint density at radius 2 is 2.00 bits per heavy atom. The van der Waals surface area contributed by atoms with Crippen LogP contribution in [0.1, 0.15) is 12.5 Å². The number of methoxy groups -OCH3 is 1. The van der Waals surface area contributed by atoms with E-state index in [2.05, 4.69) is 37.2 Å². The van der Waals surface area contributed by atoms with Crippen molar-refractivity contribution in [3.63, 3.8) is 0 Å². The third-order valence-electron chi connectivity index (χ3n) is 2.66. The normalized spacial score (nSPS) is 12.0. The topological polar surface area (TPSA) is 73.6 Å². The molecule has 0 aromatic heterocycles. The van der Waals surface area contributed by atoms with Gasteiger partial charge in [0.15, 0.2) is 6.61 Å². The van der Waals surface area contributed by atoms with Crippen molar-refractivity contribution in [3.8, 4) is 5.75 Å². The summed E-state index contributed by atoms with van der Waals surface area (Å²) in [6.07, 6.45) is 0.784. The molecule has 0 aliphatic carbocycles. The van der Waals surface area contributed by atoms with Gasteiger partial charge in [-0.1, -0.05) is 0 Å². The number of ether oxygens (including phenoxy) is 2. The minimum atomic E-state index is -0.190. The van der Waals surface area contributed by atoms with E-state index in [1.165, 1.54) is 0 Å². The third kappa shape index (κ3) is 6.34. The summed E-state index contributed by atoms with van der Waals surface area (Å²) in [5.74, 6) is 0.412. The number of benzene rings is 1. The summed E-state index contributed by atoms with van der Waals surface area (Å²) in [5, 5.41) is 2.79. The maximum absolute atomic E-state index is 11.8. The molecule has 0 aliphatic rings. The second kappa shape index (κ2) is 9.40. The monoisotopic (exact) mass is 422 g/mol. The van der Waals surface area contributed by atoms with E-state index in [0.717, 1.165) is 20.9 Å². The van der Waals surface area contributed by atoms with Crippen molar-refractivity contribution in [1.29, 1.82) is 0 Å². The lowest BCUT2D eigenvalue weighted by atomic mass is 10.1. The van der Waals surface area contributed by atoms with Crippen molar-refractivity contribution in [2.45, 2.75) is 19.4 Å². The van der Waals surface area contributed by atoms with Crippen LogP contribution in [-0.2, 0) is 16.0 Å². The highest BCUT2D eigenvalue weighted by Crippen LogP contribution is 2.34. The standard InChI is InChI=1S/C14H20Br2N2O3/c1-9(7-20-2)18-13(19)8-21-14-11(15)5-10(3-4-17)6-12(14)16/h5-6,9H,3-4,7-8,17H2,1-2H3,(H,18,19). The second-order valence-electron chi connectivity index (χ2n) is 4.64. The molecule has 5 nitrogen and oxygen atoms in total. The van der Waals surface area contributed by atoms with Gasteiger partial charge in [0.2, 0.25) is 0 Å². The van der Waals surface area contributed by atoms with Crippen LogP contribution in [0, 0.1) is 0 Å². The molecule has 1 amide bonds. The van der Waals surface area contributed by atoms with E-state index < -0.39 is 0 Å². The van der Waals surface area contributed by atoms with E-state index in [1.807, 2.05) is 19.1 Å². The predicted molar refractivity (Wildman–Crippen MR) is 89.6 cm³/mol. The van der Waals surface area contributed by atoms with Crippen molar-refractivity contribution in [3.05, 3.63) is 26.6 Å². The molecule has 1 atom stereocenters. The molecule has 118 valence electrons. The molecule has 1 aromatic rings. The van der Waals surface area contributed by atoms with E-state index >= 15 is 0 Å². The van der Waals surface area contributed by atoms with Crippen molar-refractivity contribution < 1.29 is 14.3 Å². The first-order chi connectivity index (χ1) is 9.97. The zero-order valence-electron chi connectivity index (χ0n) is 12.1. The van der Waals surface area contributed by atoms with Gasteiger partial charge < -0.3 is 20.5 Å². The van der Waals surface area contributed by atoms with Gasteiger partial charge in [0.1, 0.15) is 5.75 Å². The zero-order chi connectivity index (χ0) is 15.8. The Labute approximate surface area is 141 Å². The van der Waals surface area contributed by atoms with E-state index in [0.29, 0.717) is 18.9 Å². The molecule has 1 aromatic carbocycles. The van der Waals surface area contributed by atoms with Gasteiger partial charge in [0.05, 0.1) is 15.6 Å². The molecule has 0 saturated heterocycles. The Hall–Kier alpha value is -0.630. The van der Waals surface area contributed by atoms with Gasteiger partial charge in [-0.3, -0.25) is 4.79 Å². The maximum atomic E-state index is 11.8. The van der Waals surface area contributed by atoms with Crippen LogP contribution in [0.2, 0.25) is 0 Å². The van der Waals surface area contributed by atoms with E-state index in [4.69, 9.17) is 15.2 Å². The summed E-state index contributed by atoms with van der Waals surface area (Å²) in [4.78, 5) is 11.8. The fourth-order valence-electron chi connectivity index (χ4n) is 1.81. The van der Waals surface area contributed by atoms with Gasteiger partial charge in [0, 0.05) is 13.2 Å². The first-order valence-electron chi connectivity index (χ1n) is 6.57. The molecule has 0 saturated carbocycles. The molecule has 0 heterocycles. The minimum absolute atomic E-state index is 0.0510. The Kier molecular flexibility index (Phi) is 8.24. The minimum Gasteiger partial charge on any atom is -0.481 e. The molecule has 0 radical (unpaired) electrons. The highest BCUT2D eigenvalue weighted by molar-refractivity contribution is 9.11. The smallest absolute Gasteiger partial charge is 0.258 e. The predicted octanol–water partition coefficient (Wildman–Crippen LogP) is 2.24. The van der Waals surface area contributed by atoms with Gasteiger partial charge in [0.25, 0.3) is 5.91 Å². The number of hydrogen-bond acceptors (Lipinski definition) is 4. The number of hydrogen-bond donors (Lipinski definition) is 2. The van der Waals surface area contributed by atoms with Crippen LogP contribution in [-0.4, -0.2) is 38.8 Å². The molecule has 0 spiro atoms. The first kappa shape index (κ1) is 18.4. The lowest BCUT2D eigenvalue weighted by molar-refractivity contribution is -0.124. The third-order valence-corrected chi connectivity index (χ3v) is 3.84. The summed E-state index contributed by atoms with van der Waals surface area (Å²) < 4.78 is 12.1. The van der Waals surface area contributed by atoms with Gasteiger partial charge in [-0.2, -0.15) is 0 Å². The zero-order valence-corrected chi connectivity index (χ0v) is 15.3. The molecule has 21 heavy (non-hydrogen) atoms. The highest BCUT2D eigenvalue weighted by Gasteiger charge is 2.12. The summed E-state index contributed by atoms with van der Waals surface area (Å²) in [6, 6.07) is 3.83. The number of rotatable bonds is 8. The first-order valence-corrected chi connectivity index (χ1v) is 8.15.